The number of fused-ring (bicyclic) bond motifs is 1. The Kier molecular flexibility index (Phi) is 5.11. The van der Waals surface area contributed by atoms with Gasteiger partial charge in [-0.15, -0.1) is 0 Å². The highest BCUT2D eigenvalue weighted by Gasteiger charge is 2.33. The molecular weight excluding hydrogens is 304 g/mol. The SMILES string of the molecule is CCN1CC(C(=O)NCCc2nc(C)c3c(n2)CCCC3)CC1=O. The molecule has 3 rings (SSSR count). The molecule has 1 aromatic rings. The van der Waals surface area contributed by atoms with Crippen molar-refractivity contribution in [2.45, 2.75) is 52.4 Å². The number of amides is 2. The van der Waals surface area contributed by atoms with Gasteiger partial charge in [0.05, 0.1) is 5.92 Å². The first-order valence-corrected chi connectivity index (χ1v) is 8.99. The largest absolute Gasteiger partial charge is 0.355 e. The van der Waals surface area contributed by atoms with Gasteiger partial charge in [-0.25, -0.2) is 9.97 Å². The Labute approximate surface area is 143 Å². The summed E-state index contributed by atoms with van der Waals surface area (Å²) in [5.74, 6) is 0.634. The van der Waals surface area contributed by atoms with E-state index in [0.717, 1.165) is 24.4 Å². The van der Waals surface area contributed by atoms with Crippen LogP contribution in [0, 0.1) is 12.8 Å². The van der Waals surface area contributed by atoms with Gasteiger partial charge < -0.3 is 10.2 Å². The van der Waals surface area contributed by atoms with Gasteiger partial charge in [-0.05, 0) is 45.1 Å². The average molecular weight is 330 g/mol. The molecule has 6 nitrogen and oxygen atoms in total. The summed E-state index contributed by atoms with van der Waals surface area (Å²) in [6.45, 7) is 5.72. The number of hydrogen-bond donors (Lipinski definition) is 1. The van der Waals surface area contributed by atoms with Gasteiger partial charge >= 0.3 is 0 Å². The third-order valence-electron chi connectivity index (χ3n) is 5.05. The van der Waals surface area contributed by atoms with Crippen LogP contribution in [-0.4, -0.2) is 46.3 Å². The van der Waals surface area contributed by atoms with Gasteiger partial charge in [0.2, 0.25) is 11.8 Å². The fraction of sp³-hybridized carbons (Fsp3) is 0.667. The number of likely N-dealkylation sites (tertiary alicyclic amines) is 1. The van der Waals surface area contributed by atoms with Gasteiger partial charge in [-0.2, -0.15) is 0 Å². The molecule has 1 atom stereocenters. The molecule has 1 unspecified atom stereocenters. The molecule has 1 N–H and O–H groups in total. The lowest BCUT2D eigenvalue weighted by Gasteiger charge is -2.17. The highest BCUT2D eigenvalue weighted by molar-refractivity contribution is 5.89. The van der Waals surface area contributed by atoms with Crippen LogP contribution in [0.4, 0.5) is 0 Å². The van der Waals surface area contributed by atoms with Crippen LogP contribution < -0.4 is 5.32 Å². The first-order valence-electron chi connectivity index (χ1n) is 8.99. The molecule has 0 bridgehead atoms. The number of aromatic nitrogens is 2. The van der Waals surface area contributed by atoms with E-state index in [2.05, 4.69) is 22.2 Å². The Morgan fingerprint density at radius 1 is 1.29 bits per heavy atom. The van der Waals surface area contributed by atoms with Crippen molar-refractivity contribution >= 4 is 11.8 Å². The fourth-order valence-electron chi connectivity index (χ4n) is 3.65. The maximum absolute atomic E-state index is 12.2. The summed E-state index contributed by atoms with van der Waals surface area (Å²) in [7, 11) is 0. The van der Waals surface area contributed by atoms with Crippen molar-refractivity contribution in [2.75, 3.05) is 19.6 Å². The number of hydrogen-bond acceptors (Lipinski definition) is 4. The van der Waals surface area contributed by atoms with Crippen molar-refractivity contribution in [1.82, 2.24) is 20.2 Å². The molecule has 0 radical (unpaired) electrons. The van der Waals surface area contributed by atoms with E-state index >= 15 is 0 Å². The number of nitrogens with one attached hydrogen (secondary N) is 1. The molecule has 130 valence electrons. The third kappa shape index (κ3) is 3.57. The molecule has 0 aromatic carbocycles. The maximum Gasteiger partial charge on any atom is 0.225 e. The van der Waals surface area contributed by atoms with Gasteiger partial charge in [0.1, 0.15) is 5.82 Å². The van der Waals surface area contributed by atoms with Gasteiger partial charge in [0.25, 0.3) is 0 Å². The molecule has 2 amide bonds. The average Bonchev–Trinajstić information content (AvgIpc) is 2.96. The zero-order valence-electron chi connectivity index (χ0n) is 14.6. The van der Waals surface area contributed by atoms with Crippen molar-refractivity contribution in [3.63, 3.8) is 0 Å². The third-order valence-corrected chi connectivity index (χ3v) is 5.05. The van der Waals surface area contributed by atoms with Crippen LogP contribution in [0.3, 0.4) is 0 Å². The van der Waals surface area contributed by atoms with E-state index in [1.54, 1.807) is 4.90 Å². The monoisotopic (exact) mass is 330 g/mol. The van der Waals surface area contributed by atoms with Gasteiger partial charge in [-0.1, -0.05) is 0 Å². The summed E-state index contributed by atoms with van der Waals surface area (Å²) in [5, 5.41) is 2.94. The minimum absolute atomic E-state index is 0.0334. The first-order chi connectivity index (χ1) is 11.6. The number of carbonyl (C=O) groups excluding carboxylic acids is 2. The molecule has 2 heterocycles. The van der Waals surface area contributed by atoms with Crippen molar-refractivity contribution in [3.05, 3.63) is 22.8 Å². The van der Waals surface area contributed by atoms with Gasteiger partial charge in [0.15, 0.2) is 0 Å². The summed E-state index contributed by atoms with van der Waals surface area (Å²) in [6, 6.07) is 0. The van der Waals surface area contributed by atoms with Crippen LogP contribution in [0.2, 0.25) is 0 Å². The molecule has 1 aromatic heterocycles. The standard InChI is InChI=1S/C18H26N4O2/c1-3-22-11-13(10-17(22)23)18(24)19-9-8-16-20-12(2)14-6-4-5-7-15(14)21-16/h13H,3-11H2,1-2H3,(H,19,24). The highest BCUT2D eigenvalue weighted by Crippen LogP contribution is 2.21. The molecule has 1 aliphatic carbocycles. The van der Waals surface area contributed by atoms with E-state index in [1.807, 2.05) is 6.92 Å². The molecule has 2 aliphatic rings. The summed E-state index contributed by atoms with van der Waals surface area (Å²) in [5.41, 5.74) is 3.59. The van der Waals surface area contributed by atoms with E-state index in [4.69, 9.17) is 0 Å². The van der Waals surface area contributed by atoms with E-state index in [0.29, 0.717) is 32.5 Å². The second kappa shape index (κ2) is 7.28. The molecule has 0 spiro atoms. The number of rotatable bonds is 5. The number of nitrogens with zero attached hydrogens (tertiary/aromatic N) is 3. The van der Waals surface area contributed by atoms with Crippen molar-refractivity contribution in [1.29, 1.82) is 0 Å². The Balaban J connectivity index is 1.52. The quantitative estimate of drug-likeness (QED) is 0.880. The summed E-state index contributed by atoms with van der Waals surface area (Å²) >= 11 is 0. The normalized spacial score (nSPS) is 20.2. The minimum atomic E-state index is -0.219. The van der Waals surface area contributed by atoms with Crippen LogP contribution in [0.15, 0.2) is 0 Å². The fourth-order valence-corrected chi connectivity index (χ4v) is 3.65. The topological polar surface area (TPSA) is 75.2 Å². The van der Waals surface area contributed by atoms with Crippen molar-refractivity contribution < 1.29 is 9.59 Å². The van der Waals surface area contributed by atoms with Crippen LogP contribution in [0.5, 0.6) is 0 Å². The zero-order valence-corrected chi connectivity index (χ0v) is 14.6. The molecular formula is C18H26N4O2. The molecule has 6 heteroatoms. The van der Waals surface area contributed by atoms with E-state index < -0.39 is 0 Å². The highest BCUT2D eigenvalue weighted by atomic mass is 16.2. The smallest absolute Gasteiger partial charge is 0.225 e. The van der Waals surface area contributed by atoms with Crippen molar-refractivity contribution in [3.8, 4) is 0 Å². The second-order valence-corrected chi connectivity index (χ2v) is 6.73. The summed E-state index contributed by atoms with van der Waals surface area (Å²) in [6.07, 6.45) is 5.51. The predicted molar refractivity (Wildman–Crippen MR) is 90.5 cm³/mol. The Bertz CT molecular complexity index is 644. The molecule has 1 saturated heterocycles. The predicted octanol–water partition coefficient (Wildman–Crippen LogP) is 1.19. The molecule has 24 heavy (non-hydrogen) atoms. The first kappa shape index (κ1) is 16.9. The number of carbonyl (C=O) groups is 2. The Hall–Kier alpha value is -1.98. The minimum Gasteiger partial charge on any atom is -0.355 e. The van der Waals surface area contributed by atoms with E-state index in [1.165, 1.54) is 24.1 Å². The van der Waals surface area contributed by atoms with Crippen LogP contribution in [0.1, 0.15) is 49.0 Å². The molecule has 0 saturated carbocycles. The lowest BCUT2D eigenvalue weighted by Crippen LogP contribution is -2.34. The lowest BCUT2D eigenvalue weighted by atomic mass is 9.95. The summed E-state index contributed by atoms with van der Waals surface area (Å²) < 4.78 is 0. The Morgan fingerprint density at radius 3 is 2.83 bits per heavy atom. The summed E-state index contributed by atoms with van der Waals surface area (Å²) in [4.78, 5) is 34.9. The van der Waals surface area contributed by atoms with Gasteiger partial charge in [-0.3, -0.25) is 9.59 Å². The maximum atomic E-state index is 12.2. The number of aryl methyl sites for hydroxylation is 2. The van der Waals surface area contributed by atoms with E-state index in [-0.39, 0.29) is 17.7 Å². The van der Waals surface area contributed by atoms with Crippen LogP contribution in [-0.2, 0) is 28.9 Å². The molecule has 1 aliphatic heterocycles. The van der Waals surface area contributed by atoms with Crippen molar-refractivity contribution in [2.24, 2.45) is 5.92 Å². The molecule has 1 fully saturated rings. The Morgan fingerprint density at radius 2 is 2.08 bits per heavy atom. The zero-order chi connectivity index (χ0) is 17.1. The van der Waals surface area contributed by atoms with E-state index in [9.17, 15) is 9.59 Å². The van der Waals surface area contributed by atoms with Gasteiger partial charge in [0, 0.05) is 43.9 Å². The van der Waals surface area contributed by atoms with Crippen LogP contribution >= 0.6 is 0 Å². The lowest BCUT2D eigenvalue weighted by molar-refractivity contribution is -0.128. The second-order valence-electron chi connectivity index (χ2n) is 6.73. The van der Waals surface area contributed by atoms with Crippen LogP contribution in [0.25, 0.3) is 0 Å².